The van der Waals surface area contributed by atoms with Crippen LogP contribution in [-0.2, 0) is 4.79 Å². The van der Waals surface area contributed by atoms with Crippen molar-refractivity contribution < 1.29 is 9.18 Å². The Kier molecular flexibility index (Phi) is 6.63. The minimum atomic E-state index is -0.293. The minimum Gasteiger partial charge on any atom is -0.335 e. The van der Waals surface area contributed by atoms with Gasteiger partial charge in [-0.3, -0.25) is 4.79 Å². The zero-order valence-electron chi connectivity index (χ0n) is 19.5. The van der Waals surface area contributed by atoms with Gasteiger partial charge in [0.1, 0.15) is 17.3 Å². The number of nitrogens with zero attached hydrogens (tertiary/aromatic N) is 3. The second-order valence-corrected chi connectivity index (χ2v) is 9.46. The lowest BCUT2D eigenvalue weighted by atomic mass is 9.81. The predicted octanol–water partition coefficient (Wildman–Crippen LogP) is 5.85. The van der Waals surface area contributed by atoms with Gasteiger partial charge in [-0.15, -0.1) is 0 Å². The molecule has 32 heavy (non-hydrogen) atoms. The normalized spacial score (nSPS) is 23.4. The van der Waals surface area contributed by atoms with Gasteiger partial charge in [0, 0.05) is 30.9 Å². The van der Waals surface area contributed by atoms with Gasteiger partial charge in [-0.2, -0.15) is 0 Å². The van der Waals surface area contributed by atoms with Crippen LogP contribution < -0.4 is 0 Å². The Labute approximate surface area is 191 Å². The van der Waals surface area contributed by atoms with Crippen LogP contribution in [0.25, 0.3) is 5.57 Å². The Morgan fingerprint density at radius 3 is 2.66 bits per heavy atom. The van der Waals surface area contributed by atoms with Crippen molar-refractivity contribution in [3.8, 4) is 0 Å². The van der Waals surface area contributed by atoms with Crippen molar-refractivity contribution >= 4 is 17.2 Å². The molecule has 2 aliphatic heterocycles. The Morgan fingerprint density at radius 2 is 1.97 bits per heavy atom. The van der Waals surface area contributed by atoms with E-state index in [1.807, 2.05) is 35.9 Å². The molecule has 1 atom stereocenters. The van der Waals surface area contributed by atoms with Crippen LogP contribution in [0.5, 0.6) is 0 Å². The van der Waals surface area contributed by atoms with Crippen molar-refractivity contribution in [1.82, 2.24) is 9.80 Å². The molecular weight excluding hydrogens is 401 g/mol. The zero-order chi connectivity index (χ0) is 22.8. The first-order valence-electron chi connectivity index (χ1n) is 11.9. The SMILES string of the molecule is C=C(/C=C1/N=C(C(=O)N2CCCCCC2C)C=C(C2CCC2)N1C)c1ccc(C)cc1F. The lowest BCUT2D eigenvalue weighted by molar-refractivity contribution is -0.125. The standard InChI is InChI=1S/C27H34FN3O/c1-18-12-13-22(23(28)15-18)19(2)16-26-29-24(17-25(30(26)4)21-10-8-11-21)27(32)31-14-7-5-6-9-20(31)3/h12-13,15-17,20-21H,2,5-11,14H2,1,3-4H3/b26-16-. The number of carbonyl (C=O) groups is 1. The van der Waals surface area contributed by atoms with Gasteiger partial charge in [0.2, 0.25) is 0 Å². The average molecular weight is 436 g/mol. The first-order valence-corrected chi connectivity index (χ1v) is 11.9. The number of hydrogen-bond donors (Lipinski definition) is 0. The lowest BCUT2D eigenvalue weighted by Gasteiger charge is -2.37. The van der Waals surface area contributed by atoms with Gasteiger partial charge in [0.15, 0.2) is 0 Å². The van der Waals surface area contributed by atoms with E-state index in [0.717, 1.165) is 49.9 Å². The number of halogens is 1. The molecule has 0 spiro atoms. The summed E-state index contributed by atoms with van der Waals surface area (Å²) in [6, 6.07) is 5.37. The molecule has 0 N–H and O–H groups in total. The Bertz CT molecular complexity index is 1000. The number of hydrogen-bond acceptors (Lipinski definition) is 3. The summed E-state index contributed by atoms with van der Waals surface area (Å²) in [5.74, 6) is 0.791. The van der Waals surface area contributed by atoms with Gasteiger partial charge in [-0.1, -0.05) is 38.0 Å². The van der Waals surface area contributed by atoms with E-state index >= 15 is 0 Å². The molecule has 4 rings (SSSR count). The Balaban J connectivity index is 1.68. The molecule has 2 fully saturated rings. The van der Waals surface area contributed by atoms with Crippen LogP contribution in [0.1, 0.15) is 63.0 Å². The molecule has 3 aliphatic rings. The summed E-state index contributed by atoms with van der Waals surface area (Å²) in [7, 11) is 1.98. The van der Waals surface area contributed by atoms with E-state index in [-0.39, 0.29) is 17.8 Å². The molecule has 1 aromatic rings. The Hall–Kier alpha value is -2.69. The number of aliphatic imine (C=N–C) groups is 1. The van der Waals surface area contributed by atoms with Gasteiger partial charge < -0.3 is 9.80 Å². The largest absolute Gasteiger partial charge is 0.335 e. The van der Waals surface area contributed by atoms with E-state index in [0.29, 0.717) is 28.6 Å². The van der Waals surface area contributed by atoms with Crippen LogP contribution in [0, 0.1) is 18.7 Å². The van der Waals surface area contributed by atoms with Crippen molar-refractivity contribution in [2.75, 3.05) is 13.6 Å². The second kappa shape index (κ2) is 9.43. The quantitative estimate of drug-likeness (QED) is 0.595. The third-order valence-electron chi connectivity index (χ3n) is 7.08. The first kappa shape index (κ1) is 22.5. The number of rotatable bonds is 4. The fraction of sp³-hybridized carbons (Fsp3) is 0.481. The molecule has 1 saturated carbocycles. The van der Waals surface area contributed by atoms with Crippen molar-refractivity contribution in [2.24, 2.45) is 10.9 Å². The summed E-state index contributed by atoms with van der Waals surface area (Å²) in [6.45, 7) is 8.88. The van der Waals surface area contributed by atoms with E-state index in [4.69, 9.17) is 4.99 Å². The molecule has 1 saturated heterocycles. The molecule has 2 heterocycles. The fourth-order valence-electron chi connectivity index (χ4n) is 4.77. The number of carbonyl (C=O) groups excluding carboxylic acids is 1. The van der Waals surface area contributed by atoms with Gasteiger partial charge in [-0.25, -0.2) is 9.38 Å². The molecule has 170 valence electrons. The van der Waals surface area contributed by atoms with Crippen LogP contribution in [-0.4, -0.2) is 41.1 Å². The number of allylic oxidation sites excluding steroid dienone is 3. The molecule has 0 radical (unpaired) electrons. The maximum absolute atomic E-state index is 14.5. The fourth-order valence-corrected chi connectivity index (χ4v) is 4.77. The third kappa shape index (κ3) is 4.57. The van der Waals surface area contributed by atoms with Crippen LogP contribution in [0.4, 0.5) is 4.39 Å². The van der Waals surface area contributed by atoms with E-state index < -0.39 is 0 Å². The highest BCUT2D eigenvalue weighted by atomic mass is 19.1. The highest BCUT2D eigenvalue weighted by molar-refractivity contribution is 6.43. The molecular formula is C27H34FN3O. The van der Waals surface area contributed by atoms with Crippen LogP contribution in [0.3, 0.4) is 0 Å². The molecule has 1 unspecified atom stereocenters. The summed E-state index contributed by atoms with van der Waals surface area (Å²) in [5, 5.41) is 0. The number of aryl methyl sites for hydroxylation is 1. The van der Waals surface area contributed by atoms with Crippen molar-refractivity contribution in [3.63, 3.8) is 0 Å². The van der Waals surface area contributed by atoms with Crippen molar-refractivity contribution in [1.29, 1.82) is 0 Å². The van der Waals surface area contributed by atoms with Crippen molar-refractivity contribution in [2.45, 2.75) is 64.8 Å². The minimum absolute atomic E-state index is 0.00218. The predicted molar refractivity (Wildman–Crippen MR) is 129 cm³/mol. The highest BCUT2D eigenvalue weighted by Gasteiger charge is 2.32. The molecule has 5 heteroatoms. The van der Waals surface area contributed by atoms with Crippen LogP contribution >= 0.6 is 0 Å². The van der Waals surface area contributed by atoms with E-state index in [1.165, 1.54) is 18.9 Å². The Morgan fingerprint density at radius 1 is 1.19 bits per heavy atom. The maximum atomic E-state index is 14.5. The summed E-state index contributed by atoms with van der Waals surface area (Å²) >= 11 is 0. The highest BCUT2D eigenvalue weighted by Crippen LogP contribution is 2.38. The number of amides is 1. The second-order valence-electron chi connectivity index (χ2n) is 9.46. The topological polar surface area (TPSA) is 35.9 Å². The zero-order valence-corrected chi connectivity index (χ0v) is 19.5. The number of likely N-dealkylation sites (tertiary alicyclic amines) is 1. The van der Waals surface area contributed by atoms with Crippen molar-refractivity contribution in [3.05, 3.63) is 65.4 Å². The lowest BCUT2D eigenvalue weighted by Crippen LogP contribution is -2.43. The summed E-state index contributed by atoms with van der Waals surface area (Å²) in [4.78, 5) is 22.3. The summed E-state index contributed by atoms with van der Waals surface area (Å²) in [5.41, 5.74) is 3.50. The summed E-state index contributed by atoms with van der Waals surface area (Å²) < 4.78 is 14.5. The van der Waals surface area contributed by atoms with E-state index in [2.05, 4.69) is 13.5 Å². The third-order valence-corrected chi connectivity index (χ3v) is 7.08. The van der Waals surface area contributed by atoms with Gasteiger partial charge in [0.25, 0.3) is 5.91 Å². The van der Waals surface area contributed by atoms with E-state index in [1.54, 1.807) is 12.1 Å². The van der Waals surface area contributed by atoms with Gasteiger partial charge >= 0.3 is 0 Å². The number of benzene rings is 1. The average Bonchev–Trinajstić information content (AvgIpc) is 2.93. The molecule has 4 nitrogen and oxygen atoms in total. The smallest absolute Gasteiger partial charge is 0.272 e. The molecule has 1 amide bonds. The first-order chi connectivity index (χ1) is 15.3. The maximum Gasteiger partial charge on any atom is 0.272 e. The molecule has 1 aromatic carbocycles. The van der Waals surface area contributed by atoms with E-state index in [9.17, 15) is 9.18 Å². The molecule has 0 aromatic heterocycles. The molecule has 1 aliphatic carbocycles. The van der Waals surface area contributed by atoms with Crippen LogP contribution in [0.2, 0.25) is 0 Å². The summed E-state index contributed by atoms with van der Waals surface area (Å²) in [6.07, 6.45) is 11.6. The van der Waals surface area contributed by atoms with Gasteiger partial charge in [-0.05, 0) is 74.8 Å². The molecule has 0 bridgehead atoms. The monoisotopic (exact) mass is 435 g/mol. The van der Waals surface area contributed by atoms with Crippen LogP contribution in [0.15, 0.2) is 53.4 Å². The van der Waals surface area contributed by atoms with Gasteiger partial charge in [0.05, 0.1) is 0 Å².